The van der Waals surface area contributed by atoms with Gasteiger partial charge in [0.25, 0.3) is 0 Å². The van der Waals surface area contributed by atoms with Gasteiger partial charge in [-0.15, -0.1) is 0 Å². The first-order valence-electron chi connectivity index (χ1n) is 9.92. The highest BCUT2D eigenvalue weighted by Gasteiger charge is 2.50. The maximum atomic E-state index is 13.4. The van der Waals surface area contributed by atoms with E-state index in [4.69, 9.17) is 9.47 Å². The molecule has 0 unspecified atom stereocenters. The van der Waals surface area contributed by atoms with Crippen molar-refractivity contribution in [2.45, 2.75) is 12.0 Å². The highest BCUT2D eigenvalue weighted by atomic mass is 16.5. The van der Waals surface area contributed by atoms with E-state index in [1.807, 2.05) is 6.07 Å². The molecule has 0 fully saturated rings. The summed E-state index contributed by atoms with van der Waals surface area (Å²) in [5.41, 5.74) is 2.04. The number of carbonyl (C=O) groups excluding carboxylic acids is 3. The highest BCUT2D eigenvalue weighted by Crippen LogP contribution is 2.45. The maximum Gasteiger partial charge on any atom is 0.228 e. The van der Waals surface area contributed by atoms with Crippen LogP contribution in [0.15, 0.2) is 90.2 Å². The van der Waals surface area contributed by atoms with E-state index in [2.05, 4.69) is 0 Å². The standard InChI is InChI=1S/C26H18O5/c1-30-17-13-11-15(12-14-17)20-21-23(28)18-9-5-6-10-19(18)24(29)26(21)31-25(20)22(27)16-7-3-2-4-8-16/h2-14,20,25H,1H3/t20-,25-/m0/s1. The number of Topliss-reactive ketones (excluding diaryl/α,β-unsaturated/α-hetero) is 3. The van der Waals surface area contributed by atoms with E-state index in [1.165, 1.54) is 0 Å². The number of fused-ring (bicyclic) bond motifs is 1. The van der Waals surface area contributed by atoms with E-state index in [1.54, 1.807) is 79.9 Å². The Hall–Kier alpha value is -3.99. The summed E-state index contributed by atoms with van der Waals surface area (Å²) >= 11 is 0. The summed E-state index contributed by atoms with van der Waals surface area (Å²) in [5.74, 6) is -1.00. The minimum atomic E-state index is -1.01. The molecule has 5 rings (SSSR count). The number of ether oxygens (including phenoxy) is 2. The Morgan fingerprint density at radius 3 is 2.06 bits per heavy atom. The van der Waals surface area contributed by atoms with Gasteiger partial charge in [0.1, 0.15) is 5.75 Å². The molecule has 31 heavy (non-hydrogen) atoms. The first-order chi connectivity index (χ1) is 15.1. The normalized spacial score (nSPS) is 19.5. The first kappa shape index (κ1) is 19.0. The summed E-state index contributed by atoms with van der Waals surface area (Å²) < 4.78 is 11.2. The summed E-state index contributed by atoms with van der Waals surface area (Å²) in [6, 6.07) is 22.6. The second-order valence-electron chi connectivity index (χ2n) is 7.47. The number of methoxy groups -OCH3 is 1. The molecule has 0 saturated carbocycles. The van der Waals surface area contributed by atoms with Gasteiger partial charge in [0.05, 0.1) is 18.6 Å². The lowest BCUT2D eigenvalue weighted by Gasteiger charge is -2.21. The zero-order valence-electron chi connectivity index (χ0n) is 16.7. The third kappa shape index (κ3) is 2.97. The smallest absolute Gasteiger partial charge is 0.228 e. The van der Waals surface area contributed by atoms with Gasteiger partial charge in [-0.25, -0.2) is 0 Å². The van der Waals surface area contributed by atoms with Crippen LogP contribution in [-0.4, -0.2) is 30.6 Å². The minimum absolute atomic E-state index is 0.0289. The fraction of sp³-hybridized carbons (Fsp3) is 0.115. The third-order valence-electron chi connectivity index (χ3n) is 5.76. The molecule has 5 nitrogen and oxygen atoms in total. The van der Waals surface area contributed by atoms with Crippen molar-refractivity contribution < 1.29 is 23.9 Å². The fourth-order valence-electron chi connectivity index (χ4n) is 4.24. The van der Waals surface area contributed by atoms with E-state index in [-0.39, 0.29) is 28.7 Å². The van der Waals surface area contributed by atoms with Gasteiger partial charge in [0, 0.05) is 16.7 Å². The van der Waals surface area contributed by atoms with Gasteiger partial charge in [-0.1, -0.05) is 66.7 Å². The number of allylic oxidation sites excluding steroid dienone is 1. The predicted octanol–water partition coefficient (Wildman–Crippen LogP) is 4.39. The molecule has 0 spiro atoms. The lowest BCUT2D eigenvalue weighted by atomic mass is 9.78. The number of hydrogen-bond acceptors (Lipinski definition) is 5. The Balaban J connectivity index is 1.65. The molecule has 0 radical (unpaired) electrons. The van der Waals surface area contributed by atoms with Crippen LogP contribution in [-0.2, 0) is 4.74 Å². The van der Waals surface area contributed by atoms with Gasteiger partial charge < -0.3 is 9.47 Å². The van der Waals surface area contributed by atoms with Crippen molar-refractivity contribution in [3.63, 3.8) is 0 Å². The van der Waals surface area contributed by atoms with Crippen molar-refractivity contribution in [3.05, 3.63) is 112 Å². The molecular formula is C26H18O5. The van der Waals surface area contributed by atoms with Crippen LogP contribution in [0.5, 0.6) is 5.75 Å². The van der Waals surface area contributed by atoms with Gasteiger partial charge in [-0.05, 0) is 17.7 Å². The summed E-state index contributed by atoms with van der Waals surface area (Å²) in [4.78, 5) is 40.0. The summed E-state index contributed by atoms with van der Waals surface area (Å²) in [6.45, 7) is 0. The molecule has 2 atom stereocenters. The van der Waals surface area contributed by atoms with Crippen LogP contribution < -0.4 is 4.74 Å². The van der Waals surface area contributed by atoms with Crippen LogP contribution in [0.1, 0.15) is 42.6 Å². The van der Waals surface area contributed by atoms with Crippen LogP contribution >= 0.6 is 0 Å². The summed E-state index contributed by atoms with van der Waals surface area (Å²) in [6.07, 6.45) is -1.01. The Morgan fingerprint density at radius 2 is 1.42 bits per heavy atom. The Morgan fingerprint density at radius 1 is 0.806 bits per heavy atom. The zero-order valence-corrected chi connectivity index (χ0v) is 16.7. The molecule has 0 amide bonds. The van der Waals surface area contributed by atoms with Gasteiger partial charge in [0.15, 0.2) is 17.6 Å². The fourth-order valence-corrected chi connectivity index (χ4v) is 4.24. The van der Waals surface area contributed by atoms with E-state index >= 15 is 0 Å². The van der Waals surface area contributed by atoms with Crippen molar-refractivity contribution in [2.24, 2.45) is 0 Å². The quantitative estimate of drug-likeness (QED) is 0.597. The molecule has 3 aromatic rings. The average Bonchev–Trinajstić information content (AvgIpc) is 3.24. The monoisotopic (exact) mass is 410 g/mol. The predicted molar refractivity (Wildman–Crippen MR) is 114 cm³/mol. The lowest BCUT2D eigenvalue weighted by molar-refractivity contribution is 0.0640. The van der Waals surface area contributed by atoms with E-state index in [0.29, 0.717) is 28.0 Å². The van der Waals surface area contributed by atoms with Crippen LogP contribution in [0.2, 0.25) is 0 Å². The van der Waals surface area contributed by atoms with Gasteiger partial charge in [-0.2, -0.15) is 0 Å². The van der Waals surface area contributed by atoms with Crippen LogP contribution in [0, 0.1) is 0 Å². The van der Waals surface area contributed by atoms with Gasteiger partial charge in [0.2, 0.25) is 11.6 Å². The van der Waals surface area contributed by atoms with E-state index < -0.39 is 12.0 Å². The van der Waals surface area contributed by atoms with Crippen molar-refractivity contribution in [2.75, 3.05) is 7.11 Å². The Kier molecular flexibility index (Phi) is 4.51. The van der Waals surface area contributed by atoms with Crippen LogP contribution in [0.3, 0.4) is 0 Å². The van der Waals surface area contributed by atoms with Crippen molar-refractivity contribution in [1.29, 1.82) is 0 Å². The molecule has 1 heterocycles. The number of benzene rings is 3. The number of ketones is 3. The summed E-state index contributed by atoms with van der Waals surface area (Å²) in [5, 5.41) is 0. The average molecular weight is 410 g/mol. The topological polar surface area (TPSA) is 69.7 Å². The number of rotatable bonds is 4. The van der Waals surface area contributed by atoms with Crippen molar-refractivity contribution in [3.8, 4) is 5.75 Å². The Labute approximate surface area is 178 Å². The molecule has 1 aliphatic carbocycles. The third-order valence-corrected chi connectivity index (χ3v) is 5.76. The number of carbonyl (C=O) groups is 3. The zero-order chi connectivity index (χ0) is 21.5. The highest BCUT2D eigenvalue weighted by molar-refractivity contribution is 6.27. The molecule has 1 aliphatic heterocycles. The molecule has 5 heteroatoms. The Bertz CT molecular complexity index is 1240. The molecule has 0 bridgehead atoms. The molecule has 3 aromatic carbocycles. The second kappa shape index (κ2) is 7.36. The van der Waals surface area contributed by atoms with Crippen molar-refractivity contribution >= 4 is 17.3 Å². The molecule has 0 saturated heterocycles. The molecule has 2 aliphatic rings. The van der Waals surface area contributed by atoms with E-state index in [9.17, 15) is 14.4 Å². The minimum Gasteiger partial charge on any atom is -0.497 e. The maximum absolute atomic E-state index is 13.4. The molecule has 0 aromatic heterocycles. The van der Waals surface area contributed by atoms with E-state index in [0.717, 1.165) is 0 Å². The SMILES string of the molecule is COc1ccc([C@H]2C3=C(O[C@@H]2C(=O)c2ccccc2)C(=O)c2ccccc2C3=O)cc1. The van der Waals surface area contributed by atoms with Crippen LogP contribution in [0.25, 0.3) is 0 Å². The van der Waals surface area contributed by atoms with Crippen molar-refractivity contribution in [1.82, 2.24) is 0 Å². The molecular weight excluding hydrogens is 392 g/mol. The summed E-state index contributed by atoms with van der Waals surface area (Å²) in [7, 11) is 1.57. The molecule has 0 N–H and O–H groups in total. The van der Waals surface area contributed by atoms with Gasteiger partial charge >= 0.3 is 0 Å². The number of hydrogen-bond donors (Lipinski definition) is 0. The van der Waals surface area contributed by atoms with Gasteiger partial charge in [-0.3, -0.25) is 14.4 Å². The second-order valence-corrected chi connectivity index (χ2v) is 7.47. The van der Waals surface area contributed by atoms with Crippen LogP contribution in [0.4, 0.5) is 0 Å². The first-order valence-corrected chi connectivity index (χ1v) is 9.92. The largest absolute Gasteiger partial charge is 0.497 e. The lowest BCUT2D eigenvalue weighted by Crippen LogP contribution is -2.28. The molecule has 152 valence electrons.